The summed E-state index contributed by atoms with van der Waals surface area (Å²) in [6.07, 6.45) is 22.5. The quantitative estimate of drug-likeness (QED) is 0.0658. The molecule has 1 aromatic heterocycles. The lowest BCUT2D eigenvalue weighted by atomic mass is 10.0. The highest BCUT2D eigenvalue weighted by Crippen LogP contribution is 2.30. The van der Waals surface area contributed by atoms with Gasteiger partial charge in [0.1, 0.15) is 5.75 Å². The second-order valence-electron chi connectivity index (χ2n) is 13.3. The van der Waals surface area contributed by atoms with E-state index in [2.05, 4.69) is 66.2 Å². The number of amides is 1. The first kappa shape index (κ1) is 44.4. The Bertz CT molecular complexity index is 1250. The Balaban J connectivity index is 0.000000484. The SMILES string of the molecule is CCCCCCCCCCCCCCCCNC(=O)[C@@H](N)CCCCN.COc1ccc2c(c1)c(CCN)c(C)n2Cc1ccccc1.Cl. The summed E-state index contributed by atoms with van der Waals surface area (Å²) in [5, 5.41) is 4.21. The minimum atomic E-state index is -0.367. The number of hydrogen-bond donors (Lipinski definition) is 4. The van der Waals surface area contributed by atoms with Gasteiger partial charge in [-0.25, -0.2) is 0 Å². The minimum Gasteiger partial charge on any atom is -0.497 e. The molecule has 7 nitrogen and oxygen atoms in total. The molecule has 3 rings (SSSR count). The molecule has 1 atom stereocenters. The molecule has 0 aliphatic rings. The van der Waals surface area contributed by atoms with Crippen LogP contribution < -0.4 is 27.3 Å². The molecule has 0 aliphatic carbocycles. The van der Waals surface area contributed by atoms with E-state index in [0.29, 0.717) is 13.1 Å². The van der Waals surface area contributed by atoms with Gasteiger partial charge in [-0.3, -0.25) is 4.79 Å². The van der Waals surface area contributed by atoms with Gasteiger partial charge in [0.05, 0.1) is 13.2 Å². The molecule has 0 fully saturated rings. The first-order chi connectivity index (χ1) is 23.5. The molecule has 0 bridgehead atoms. The smallest absolute Gasteiger partial charge is 0.236 e. The van der Waals surface area contributed by atoms with Crippen molar-refractivity contribution in [2.45, 2.75) is 142 Å². The van der Waals surface area contributed by atoms with Gasteiger partial charge in [0.25, 0.3) is 0 Å². The van der Waals surface area contributed by atoms with Gasteiger partial charge in [0, 0.05) is 29.7 Å². The first-order valence-corrected chi connectivity index (χ1v) is 19.1. The van der Waals surface area contributed by atoms with Crippen molar-refractivity contribution in [2.75, 3.05) is 26.7 Å². The van der Waals surface area contributed by atoms with Gasteiger partial charge < -0.3 is 31.8 Å². The van der Waals surface area contributed by atoms with Crippen LogP contribution in [0.5, 0.6) is 5.75 Å². The van der Waals surface area contributed by atoms with E-state index < -0.39 is 0 Å². The fraction of sp³-hybridized carbons (Fsp3) is 0.634. The molecule has 0 radical (unpaired) electrons. The van der Waals surface area contributed by atoms with Crippen molar-refractivity contribution in [3.05, 3.63) is 65.4 Å². The Morgan fingerprint density at radius 3 is 1.94 bits per heavy atom. The largest absolute Gasteiger partial charge is 0.497 e. The highest BCUT2D eigenvalue weighted by molar-refractivity contribution is 5.87. The van der Waals surface area contributed by atoms with Crippen LogP contribution >= 0.6 is 12.4 Å². The number of benzene rings is 2. The van der Waals surface area contributed by atoms with Crippen LogP contribution in [0.3, 0.4) is 0 Å². The van der Waals surface area contributed by atoms with Gasteiger partial charge >= 0.3 is 0 Å². The van der Waals surface area contributed by atoms with Gasteiger partial charge in [-0.15, -0.1) is 12.4 Å². The van der Waals surface area contributed by atoms with E-state index in [1.165, 1.54) is 111 Å². The molecule has 0 unspecified atom stereocenters. The zero-order chi connectivity index (χ0) is 34.8. The van der Waals surface area contributed by atoms with Crippen molar-refractivity contribution in [3.63, 3.8) is 0 Å². The maximum atomic E-state index is 11.8. The van der Waals surface area contributed by atoms with Crippen molar-refractivity contribution in [3.8, 4) is 5.75 Å². The van der Waals surface area contributed by atoms with Crippen LogP contribution in [0.1, 0.15) is 133 Å². The van der Waals surface area contributed by atoms with Crippen molar-refractivity contribution < 1.29 is 9.53 Å². The van der Waals surface area contributed by atoms with Crippen LogP contribution in [0, 0.1) is 6.92 Å². The number of nitrogens with two attached hydrogens (primary N) is 3. The molecule has 0 saturated heterocycles. The third-order valence-corrected chi connectivity index (χ3v) is 9.37. The van der Waals surface area contributed by atoms with Gasteiger partial charge in [0.2, 0.25) is 5.91 Å². The van der Waals surface area contributed by atoms with E-state index in [0.717, 1.165) is 50.9 Å². The Labute approximate surface area is 304 Å². The van der Waals surface area contributed by atoms with Gasteiger partial charge in [0.15, 0.2) is 0 Å². The number of carbonyl (C=O) groups excluding carboxylic acids is 1. The summed E-state index contributed by atoms with van der Waals surface area (Å²) in [7, 11) is 1.71. The van der Waals surface area contributed by atoms with E-state index in [4.69, 9.17) is 21.9 Å². The van der Waals surface area contributed by atoms with E-state index in [9.17, 15) is 4.79 Å². The molecule has 49 heavy (non-hydrogen) atoms. The van der Waals surface area contributed by atoms with Crippen LogP contribution in [0.4, 0.5) is 0 Å². The molecular formula is C41H70ClN5O2. The average molecular weight is 700 g/mol. The lowest BCUT2D eigenvalue weighted by Gasteiger charge is -2.11. The molecule has 1 amide bonds. The molecule has 0 aliphatic heterocycles. The number of nitrogens with zero attached hydrogens (tertiary/aromatic N) is 1. The molecule has 0 spiro atoms. The molecule has 278 valence electrons. The topological polar surface area (TPSA) is 121 Å². The molecule has 2 aromatic carbocycles. The number of rotatable bonds is 25. The zero-order valence-electron chi connectivity index (χ0n) is 31.2. The second-order valence-corrected chi connectivity index (χ2v) is 13.3. The highest BCUT2D eigenvalue weighted by Gasteiger charge is 2.15. The Morgan fingerprint density at radius 1 is 0.796 bits per heavy atom. The van der Waals surface area contributed by atoms with E-state index in [-0.39, 0.29) is 24.4 Å². The summed E-state index contributed by atoms with van der Waals surface area (Å²) >= 11 is 0. The fourth-order valence-corrected chi connectivity index (χ4v) is 6.39. The van der Waals surface area contributed by atoms with Gasteiger partial charge in [-0.2, -0.15) is 0 Å². The highest BCUT2D eigenvalue weighted by atomic mass is 35.5. The number of unbranched alkanes of at least 4 members (excludes halogenated alkanes) is 14. The number of aromatic nitrogens is 1. The average Bonchev–Trinajstić information content (AvgIpc) is 3.36. The van der Waals surface area contributed by atoms with Gasteiger partial charge in [-0.1, -0.05) is 127 Å². The third kappa shape index (κ3) is 17.8. The summed E-state index contributed by atoms with van der Waals surface area (Å²) in [6, 6.07) is 16.5. The number of halogens is 1. The lowest BCUT2D eigenvalue weighted by molar-refractivity contribution is -0.122. The van der Waals surface area contributed by atoms with Crippen LogP contribution in [-0.4, -0.2) is 43.3 Å². The fourth-order valence-electron chi connectivity index (χ4n) is 6.39. The number of methoxy groups -OCH3 is 1. The van der Waals surface area contributed by atoms with Crippen LogP contribution in [0.25, 0.3) is 10.9 Å². The molecule has 1 heterocycles. The van der Waals surface area contributed by atoms with Crippen LogP contribution in [0.15, 0.2) is 48.5 Å². The predicted octanol–water partition coefficient (Wildman–Crippen LogP) is 8.97. The van der Waals surface area contributed by atoms with Crippen molar-refractivity contribution >= 4 is 29.2 Å². The number of fused-ring (bicyclic) bond motifs is 1. The summed E-state index contributed by atoms with van der Waals surface area (Å²) in [5.41, 5.74) is 22.3. The lowest BCUT2D eigenvalue weighted by Crippen LogP contribution is -2.40. The van der Waals surface area contributed by atoms with Gasteiger partial charge in [-0.05, 0) is 75.0 Å². The third-order valence-electron chi connectivity index (χ3n) is 9.37. The van der Waals surface area contributed by atoms with E-state index in [1.54, 1.807) is 7.11 Å². The summed E-state index contributed by atoms with van der Waals surface area (Å²) in [4.78, 5) is 11.8. The summed E-state index contributed by atoms with van der Waals surface area (Å²) in [6.45, 7) is 7.43. The number of hydrogen-bond acceptors (Lipinski definition) is 5. The van der Waals surface area contributed by atoms with Crippen molar-refractivity contribution in [1.82, 2.24) is 9.88 Å². The normalized spacial score (nSPS) is 11.5. The molecular weight excluding hydrogens is 630 g/mol. The maximum absolute atomic E-state index is 11.8. The Morgan fingerprint density at radius 2 is 1.39 bits per heavy atom. The summed E-state index contributed by atoms with van der Waals surface area (Å²) in [5.74, 6) is 0.888. The molecule has 0 saturated carbocycles. The van der Waals surface area contributed by atoms with E-state index in [1.807, 2.05) is 6.07 Å². The standard InChI is InChI=1S/C22H47N3O.C19H22N2O.ClH/c1-2-3-4-5-6-7-8-9-10-11-12-13-14-17-20-25-22(26)21(24)18-15-16-19-23;1-14-17(10-11-20)18-12-16(22-2)8-9-19(18)21(14)13-15-6-4-3-5-7-15;/h21H,2-20,23-24H2,1H3,(H,25,26);3-9,12H,10-11,13,20H2,1-2H3;1H/t21-;;/m0../s1. The second kappa shape index (κ2) is 28.2. The van der Waals surface area contributed by atoms with E-state index >= 15 is 0 Å². The number of ether oxygens (including phenoxy) is 1. The number of carbonyl (C=O) groups is 1. The monoisotopic (exact) mass is 700 g/mol. The summed E-state index contributed by atoms with van der Waals surface area (Å²) < 4.78 is 7.75. The predicted molar refractivity (Wildman–Crippen MR) is 213 cm³/mol. The molecule has 8 heteroatoms. The Kier molecular flexibility index (Phi) is 25.5. The molecule has 7 N–H and O–H groups in total. The van der Waals surface area contributed by atoms with Crippen LogP contribution in [-0.2, 0) is 17.8 Å². The maximum Gasteiger partial charge on any atom is 0.236 e. The van der Waals surface area contributed by atoms with Crippen molar-refractivity contribution in [1.29, 1.82) is 0 Å². The Hall–Kier alpha value is -2.58. The minimum absolute atomic E-state index is 0. The zero-order valence-corrected chi connectivity index (χ0v) is 32.0. The van der Waals surface area contributed by atoms with Crippen molar-refractivity contribution in [2.24, 2.45) is 17.2 Å². The first-order valence-electron chi connectivity index (χ1n) is 19.1. The molecule has 3 aromatic rings. The van der Waals surface area contributed by atoms with Crippen LogP contribution in [0.2, 0.25) is 0 Å². The number of nitrogens with one attached hydrogen (secondary N) is 1.